The zero-order valence-corrected chi connectivity index (χ0v) is 16.0. The Morgan fingerprint density at radius 3 is 2.64 bits per heavy atom. The number of carbonyl (C=O) groups excluding carboxylic acids is 5. The molecule has 1 heterocycles. The fourth-order valence-corrected chi connectivity index (χ4v) is 3.61. The molecule has 1 aliphatic carbocycles. The number of carbonyl (C=O) groups is 5. The van der Waals surface area contributed by atoms with E-state index in [2.05, 4.69) is 5.32 Å². The summed E-state index contributed by atoms with van der Waals surface area (Å²) in [5.74, 6) is -1.63. The Kier molecular flexibility index (Phi) is 5.58. The molecular formula is C20H23N3O5. The van der Waals surface area contributed by atoms with Crippen molar-refractivity contribution in [1.82, 2.24) is 15.1 Å². The van der Waals surface area contributed by atoms with Crippen LogP contribution in [0.25, 0.3) is 0 Å². The lowest BCUT2D eigenvalue weighted by Crippen LogP contribution is -2.47. The van der Waals surface area contributed by atoms with Crippen LogP contribution in [0, 0.1) is 0 Å². The standard InChI is InChI=1S/C20H23N3O5/c1-3-9-21-20(28)22(2)11-12-5-4-6-14-17(12)19(27)23(18(14)26)15-8-7-13(24)10-16(15)25/h4-6,15H,3,7-11H2,1-2H3,(H,21,28). The van der Waals surface area contributed by atoms with E-state index in [-0.39, 0.29) is 48.7 Å². The molecule has 0 radical (unpaired) electrons. The molecule has 2 aliphatic rings. The van der Waals surface area contributed by atoms with E-state index in [4.69, 9.17) is 0 Å². The number of amides is 4. The fourth-order valence-electron chi connectivity index (χ4n) is 3.61. The number of hydrogen-bond donors (Lipinski definition) is 1. The van der Waals surface area contributed by atoms with E-state index >= 15 is 0 Å². The Morgan fingerprint density at radius 2 is 1.96 bits per heavy atom. The molecule has 1 saturated carbocycles. The van der Waals surface area contributed by atoms with Crippen molar-refractivity contribution in [3.63, 3.8) is 0 Å². The maximum atomic E-state index is 13.0. The van der Waals surface area contributed by atoms with E-state index in [1.807, 2.05) is 6.92 Å². The Hall–Kier alpha value is -3.03. The quantitative estimate of drug-likeness (QED) is 0.611. The maximum Gasteiger partial charge on any atom is 0.317 e. The summed E-state index contributed by atoms with van der Waals surface area (Å²) in [5.41, 5.74) is 1.01. The zero-order valence-electron chi connectivity index (χ0n) is 16.0. The highest BCUT2D eigenvalue weighted by Crippen LogP contribution is 2.31. The molecule has 1 aromatic rings. The highest BCUT2D eigenvalue weighted by atomic mass is 16.2. The van der Waals surface area contributed by atoms with Gasteiger partial charge < -0.3 is 10.2 Å². The molecule has 1 aromatic carbocycles. The molecular weight excluding hydrogens is 362 g/mol. The summed E-state index contributed by atoms with van der Waals surface area (Å²) in [6, 6.07) is 3.74. The van der Waals surface area contributed by atoms with Crippen LogP contribution in [0.15, 0.2) is 18.2 Å². The third kappa shape index (κ3) is 3.54. The van der Waals surface area contributed by atoms with Crippen LogP contribution in [0.3, 0.4) is 0 Å². The molecule has 1 unspecified atom stereocenters. The largest absolute Gasteiger partial charge is 0.338 e. The van der Waals surface area contributed by atoms with Gasteiger partial charge in [0.1, 0.15) is 5.78 Å². The minimum atomic E-state index is -0.900. The lowest BCUT2D eigenvalue weighted by molar-refractivity contribution is -0.132. The van der Waals surface area contributed by atoms with Gasteiger partial charge in [-0.3, -0.25) is 24.1 Å². The second-order valence-corrected chi connectivity index (χ2v) is 7.14. The molecule has 8 nitrogen and oxygen atoms in total. The van der Waals surface area contributed by atoms with Crippen molar-refractivity contribution in [3.8, 4) is 0 Å². The van der Waals surface area contributed by atoms with Crippen LogP contribution in [0.5, 0.6) is 0 Å². The maximum absolute atomic E-state index is 13.0. The molecule has 1 N–H and O–H groups in total. The summed E-state index contributed by atoms with van der Waals surface area (Å²) in [4.78, 5) is 64.1. The van der Waals surface area contributed by atoms with E-state index in [9.17, 15) is 24.0 Å². The summed E-state index contributed by atoms with van der Waals surface area (Å²) in [5, 5.41) is 2.76. The van der Waals surface area contributed by atoms with E-state index < -0.39 is 23.6 Å². The van der Waals surface area contributed by atoms with Crippen LogP contribution < -0.4 is 5.32 Å². The first-order valence-electron chi connectivity index (χ1n) is 9.38. The number of hydrogen-bond acceptors (Lipinski definition) is 5. The van der Waals surface area contributed by atoms with Gasteiger partial charge in [-0.1, -0.05) is 19.1 Å². The average Bonchev–Trinajstić information content (AvgIpc) is 2.91. The third-order valence-electron chi connectivity index (χ3n) is 5.06. The van der Waals surface area contributed by atoms with Gasteiger partial charge in [0.2, 0.25) is 0 Å². The topological polar surface area (TPSA) is 104 Å². The summed E-state index contributed by atoms with van der Waals surface area (Å²) < 4.78 is 0. The first kappa shape index (κ1) is 19.7. The Morgan fingerprint density at radius 1 is 1.21 bits per heavy atom. The van der Waals surface area contributed by atoms with Crippen molar-refractivity contribution < 1.29 is 24.0 Å². The van der Waals surface area contributed by atoms with Gasteiger partial charge in [-0.2, -0.15) is 0 Å². The summed E-state index contributed by atoms with van der Waals surface area (Å²) >= 11 is 0. The molecule has 1 atom stereocenters. The number of fused-ring (bicyclic) bond motifs is 1. The number of imide groups is 1. The zero-order chi connectivity index (χ0) is 20.4. The van der Waals surface area contributed by atoms with Gasteiger partial charge in [0.15, 0.2) is 5.78 Å². The third-order valence-corrected chi connectivity index (χ3v) is 5.06. The molecule has 0 spiro atoms. The van der Waals surface area contributed by atoms with Crippen LogP contribution in [0.4, 0.5) is 4.79 Å². The van der Waals surface area contributed by atoms with E-state index in [1.165, 1.54) is 4.90 Å². The van der Waals surface area contributed by atoms with Crippen LogP contribution in [-0.4, -0.2) is 58.8 Å². The number of nitrogens with zero attached hydrogens (tertiary/aromatic N) is 2. The molecule has 4 amide bonds. The summed E-state index contributed by atoms with van der Waals surface area (Å²) in [6.45, 7) is 2.65. The smallest absolute Gasteiger partial charge is 0.317 e. The van der Waals surface area contributed by atoms with Crippen molar-refractivity contribution in [1.29, 1.82) is 0 Å². The minimum Gasteiger partial charge on any atom is -0.338 e. The highest BCUT2D eigenvalue weighted by Gasteiger charge is 2.45. The Labute approximate surface area is 162 Å². The minimum absolute atomic E-state index is 0.155. The normalized spacial score (nSPS) is 19.1. The molecule has 1 fully saturated rings. The number of urea groups is 1. The number of benzene rings is 1. The predicted octanol–water partition coefficient (Wildman–Crippen LogP) is 1.52. The summed E-state index contributed by atoms with van der Waals surface area (Å²) in [7, 11) is 1.61. The molecule has 148 valence electrons. The SMILES string of the molecule is CCCNC(=O)N(C)Cc1cccc2c1C(=O)N(C1CCC(=O)CC1=O)C2=O. The first-order valence-corrected chi connectivity index (χ1v) is 9.38. The molecule has 3 rings (SSSR count). The number of rotatable bonds is 5. The van der Waals surface area contributed by atoms with Crippen molar-refractivity contribution in [2.24, 2.45) is 0 Å². The van der Waals surface area contributed by atoms with Crippen LogP contribution in [0.1, 0.15) is 58.9 Å². The van der Waals surface area contributed by atoms with Gasteiger partial charge in [-0.25, -0.2) is 4.79 Å². The first-order chi connectivity index (χ1) is 13.3. The van der Waals surface area contributed by atoms with Gasteiger partial charge >= 0.3 is 6.03 Å². The number of ketones is 2. The van der Waals surface area contributed by atoms with E-state index in [0.29, 0.717) is 12.1 Å². The van der Waals surface area contributed by atoms with E-state index in [1.54, 1.807) is 25.2 Å². The average molecular weight is 385 g/mol. The lowest BCUT2D eigenvalue weighted by Gasteiger charge is -2.27. The second kappa shape index (κ2) is 7.92. The molecule has 0 aromatic heterocycles. The number of Topliss-reactive ketones (excluding diaryl/α,β-unsaturated/α-hetero) is 2. The molecule has 1 aliphatic heterocycles. The lowest BCUT2D eigenvalue weighted by atomic mass is 9.92. The molecule has 28 heavy (non-hydrogen) atoms. The van der Waals surface area contributed by atoms with Crippen molar-refractivity contribution in [2.75, 3.05) is 13.6 Å². The van der Waals surface area contributed by atoms with Crippen LogP contribution in [-0.2, 0) is 16.1 Å². The monoisotopic (exact) mass is 385 g/mol. The summed E-state index contributed by atoms with van der Waals surface area (Å²) in [6.07, 6.45) is 0.903. The van der Waals surface area contributed by atoms with Gasteiger partial charge in [-0.15, -0.1) is 0 Å². The van der Waals surface area contributed by atoms with Crippen LogP contribution in [0.2, 0.25) is 0 Å². The Balaban J connectivity index is 1.85. The van der Waals surface area contributed by atoms with Gasteiger partial charge in [0.05, 0.1) is 23.6 Å². The van der Waals surface area contributed by atoms with Gasteiger partial charge in [0, 0.05) is 26.6 Å². The fraction of sp³-hybridized carbons (Fsp3) is 0.450. The number of nitrogens with one attached hydrogen (secondary N) is 1. The van der Waals surface area contributed by atoms with Crippen LogP contribution >= 0.6 is 0 Å². The molecule has 8 heteroatoms. The Bertz CT molecular complexity index is 863. The van der Waals surface area contributed by atoms with E-state index in [0.717, 1.165) is 11.3 Å². The van der Waals surface area contributed by atoms with Gasteiger partial charge in [0.25, 0.3) is 11.8 Å². The van der Waals surface area contributed by atoms with Gasteiger partial charge in [-0.05, 0) is 24.5 Å². The van der Waals surface area contributed by atoms with Crippen molar-refractivity contribution in [2.45, 2.75) is 45.2 Å². The highest BCUT2D eigenvalue weighted by molar-refractivity contribution is 6.24. The van der Waals surface area contributed by atoms with Crippen molar-refractivity contribution in [3.05, 3.63) is 34.9 Å². The molecule has 0 saturated heterocycles. The second-order valence-electron chi connectivity index (χ2n) is 7.14. The predicted molar refractivity (Wildman–Crippen MR) is 99.8 cm³/mol. The van der Waals surface area contributed by atoms with Crippen molar-refractivity contribution >= 4 is 29.4 Å². The molecule has 0 bridgehead atoms.